The third kappa shape index (κ3) is 13.8. The first-order valence-corrected chi connectivity index (χ1v) is 12.8. The van der Waals surface area contributed by atoms with Crippen LogP contribution in [0.1, 0.15) is 41.0 Å². The molecule has 0 bridgehead atoms. The Labute approximate surface area is 187 Å². The van der Waals surface area contributed by atoms with Gasteiger partial charge in [0.15, 0.2) is 6.10 Å². The van der Waals surface area contributed by atoms with Crippen molar-refractivity contribution in [3.63, 3.8) is 0 Å². The Bertz CT molecular complexity index is 789. The molecule has 15 heteroatoms. The first-order chi connectivity index (χ1) is 14.5. The maximum Gasteiger partial charge on any atom is 0.470 e. The number of carbonyl (C=O) groups is 3. The molecule has 3 N–H and O–H groups in total. The van der Waals surface area contributed by atoms with E-state index in [4.69, 9.17) is 23.4 Å². The van der Waals surface area contributed by atoms with Crippen LogP contribution in [0.2, 0.25) is 0 Å². The first-order valence-electron chi connectivity index (χ1n) is 9.65. The lowest BCUT2D eigenvalue weighted by molar-refractivity contribution is -0.164. The molecule has 0 radical (unpaired) electrons. The number of esters is 2. The Morgan fingerprint density at radius 2 is 1.59 bits per heavy atom. The van der Waals surface area contributed by atoms with Gasteiger partial charge in [-0.05, 0) is 6.42 Å². The zero-order chi connectivity index (χ0) is 25.2. The second-order valence-corrected chi connectivity index (χ2v) is 10.8. The summed E-state index contributed by atoms with van der Waals surface area (Å²) in [7, 11) is -9.23. The molecule has 0 aromatic rings. The summed E-state index contributed by atoms with van der Waals surface area (Å²) in [6.07, 6.45) is -1.82. The quantitative estimate of drug-likeness (QED) is 0.118. The molecule has 32 heavy (non-hydrogen) atoms. The summed E-state index contributed by atoms with van der Waals surface area (Å²) in [5, 5.41) is 2.43. The van der Waals surface area contributed by atoms with Crippen LogP contribution in [0.3, 0.4) is 0 Å². The molecular weight excluding hydrogens is 473 g/mol. The van der Waals surface area contributed by atoms with Gasteiger partial charge in [-0.3, -0.25) is 18.3 Å². The van der Waals surface area contributed by atoms with E-state index in [1.807, 2.05) is 0 Å². The third-order valence-corrected chi connectivity index (χ3v) is 5.52. The number of hydrogen-bond donors (Lipinski definition) is 3. The van der Waals surface area contributed by atoms with Crippen LogP contribution in [0.25, 0.3) is 0 Å². The number of ether oxygens (including phenoxy) is 2. The highest BCUT2D eigenvalue weighted by Crippen LogP contribution is 2.42. The summed E-state index contributed by atoms with van der Waals surface area (Å²) in [6, 6.07) is 0. The smallest absolute Gasteiger partial charge is 0.462 e. The van der Waals surface area contributed by atoms with Gasteiger partial charge in [0.05, 0.1) is 18.3 Å². The summed E-state index contributed by atoms with van der Waals surface area (Å²) in [5.41, 5.74) is -1.54. The molecule has 0 rings (SSSR count). The Balaban J connectivity index is 5.02. The summed E-state index contributed by atoms with van der Waals surface area (Å²) >= 11 is 0. The number of phosphoric ester groups is 1. The Kier molecular flexibility index (Phi) is 12.6. The van der Waals surface area contributed by atoms with Crippen molar-refractivity contribution in [1.82, 2.24) is 5.32 Å². The van der Waals surface area contributed by atoms with Gasteiger partial charge in [-0.1, -0.05) is 27.7 Å². The number of hydrogen-bond acceptors (Lipinski definition) is 10. The number of rotatable bonds is 15. The molecule has 0 fully saturated rings. The highest BCUT2D eigenvalue weighted by molar-refractivity contribution is 7.86. The van der Waals surface area contributed by atoms with Crippen LogP contribution in [0, 0.1) is 11.3 Å². The molecule has 0 aromatic carbocycles. The Morgan fingerprint density at radius 1 is 1.06 bits per heavy atom. The maximum absolute atomic E-state index is 12.4. The minimum Gasteiger partial charge on any atom is -0.462 e. The standard InChI is InChI=1S/C17H32NO12PS/c1-12(2)15(20)27-8-9-28-16(21)14(30-31(22,23)24)17(4,5)11-29-32(25,26)10-6-7-18-13(3)19/h12,14H,6-11H2,1-5H3,(H,18,19)(H2,22,23,24)/t14-/m0/s1. The van der Waals surface area contributed by atoms with Crippen LogP contribution in [-0.2, 0) is 47.2 Å². The fourth-order valence-electron chi connectivity index (χ4n) is 2.06. The van der Waals surface area contributed by atoms with Gasteiger partial charge in [0.2, 0.25) is 5.91 Å². The van der Waals surface area contributed by atoms with Crippen molar-refractivity contribution in [3.8, 4) is 0 Å². The predicted molar refractivity (Wildman–Crippen MR) is 110 cm³/mol. The maximum atomic E-state index is 12.4. The molecule has 0 spiro atoms. The summed E-state index contributed by atoms with van der Waals surface area (Å²) in [5.74, 6) is -2.88. The largest absolute Gasteiger partial charge is 0.470 e. The average molecular weight is 505 g/mol. The van der Waals surface area contributed by atoms with Gasteiger partial charge >= 0.3 is 19.8 Å². The normalized spacial score (nSPS) is 13.5. The minimum absolute atomic E-state index is 0.0713. The number of carbonyl (C=O) groups excluding carboxylic acids is 3. The van der Waals surface area contributed by atoms with Gasteiger partial charge in [-0.2, -0.15) is 8.42 Å². The SMILES string of the molecule is CC(=O)NCCCS(=O)(=O)OCC(C)(C)[C@@H](OP(=O)(O)O)C(=O)OCCOC(=O)C(C)C. The molecule has 0 aliphatic carbocycles. The van der Waals surface area contributed by atoms with Crippen LogP contribution in [0.4, 0.5) is 0 Å². The van der Waals surface area contributed by atoms with Gasteiger partial charge < -0.3 is 24.6 Å². The van der Waals surface area contributed by atoms with Gasteiger partial charge in [-0.25, -0.2) is 9.36 Å². The van der Waals surface area contributed by atoms with Gasteiger partial charge in [-0.15, -0.1) is 0 Å². The van der Waals surface area contributed by atoms with E-state index in [-0.39, 0.29) is 25.5 Å². The van der Waals surface area contributed by atoms with Crippen LogP contribution in [0.15, 0.2) is 0 Å². The lowest BCUT2D eigenvalue weighted by Gasteiger charge is -2.31. The number of nitrogens with one attached hydrogen (secondary N) is 1. The molecule has 1 amide bonds. The molecule has 13 nitrogen and oxygen atoms in total. The van der Waals surface area contributed by atoms with E-state index in [1.165, 1.54) is 20.8 Å². The van der Waals surface area contributed by atoms with Gasteiger partial charge in [0.25, 0.3) is 10.1 Å². The van der Waals surface area contributed by atoms with Crippen LogP contribution >= 0.6 is 7.82 Å². The molecule has 0 aromatic heterocycles. The molecule has 0 heterocycles. The third-order valence-electron chi connectivity index (χ3n) is 3.77. The average Bonchev–Trinajstić information content (AvgIpc) is 2.64. The van der Waals surface area contributed by atoms with E-state index in [9.17, 15) is 27.4 Å². The summed E-state index contributed by atoms with van der Waals surface area (Å²) in [4.78, 5) is 52.8. The van der Waals surface area contributed by atoms with Crippen molar-refractivity contribution in [2.75, 3.05) is 32.1 Å². The van der Waals surface area contributed by atoms with Crippen molar-refractivity contribution in [2.45, 2.75) is 47.1 Å². The molecule has 0 aliphatic rings. The Morgan fingerprint density at radius 3 is 2.06 bits per heavy atom. The van der Waals surface area contributed by atoms with Crippen molar-refractivity contribution < 1.29 is 55.3 Å². The fourth-order valence-corrected chi connectivity index (χ4v) is 3.80. The van der Waals surface area contributed by atoms with E-state index in [0.717, 1.165) is 0 Å². The van der Waals surface area contributed by atoms with E-state index < -0.39 is 66.3 Å². The first kappa shape index (κ1) is 30.4. The van der Waals surface area contributed by atoms with E-state index in [0.29, 0.717) is 0 Å². The lowest BCUT2D eigenvalue weighted by Crippen LogP contribution is -2.43. The second-order valence-electron chi connectivity index (χ2n) is 7.81. The van der Waals surface area contributed by atoms with E-state index in [1.54, 1.807) is 13.8 Å². The van der Waals surface area contributed by atoms with Crippen molar-refractivity contribution >= 4 is 35.8 Å². The summed E-state index contributed by atoms with van der Waals surface area (Å²) < 4.78 is 54.5. The highest BCUT2D eigenvalue weighted by Gasteiger charge is 2.43. The van der Waals surface area contributed by atoms with Gasteiger partial charge in [0, 0.05) is 18.9 Å². The number of amides is 1. The summed E-state index contributed by atoms with van der Waals surface area (Å²) in [6.45, 7) is 5.84. The molecule has 0 aliphatic heterocycles. The molecule has 0 unspecified atom stereocenters. The molecule has 0 saturated heterocycles. The van der Waals surface area contributed by atoms with E-state index >= 15 is 0 Å². The van der Waals surface area contributed by atoms with Crippen LogP contribution in [0.5, 0.6) is 0 Å². The minimum atomic E-state index is -5.17. The topological polar surface area (TPSA) is 192 Å². The second kappa shape index (κ2) is 13.2. The number of phosphoric acid groups is 1. The lowest BCUT2D eigenvalue weighted by atomic mass is 9.87. The van der Waals surface area contributed by atoms with Crippen molar-refractivity contribution in [2.24, 2.45) is 11.3 Å². The fraction of sp³-hybridized carbons (Fsp3) is 0.824. The van der Waals surface area contributed by atoms with E-state index in [2.05, 4.69) is 9.84 Å². The monoisotopic (exact) mass is 505 g/mol. The predicted octanol–water partition coefficient (Wildman–Crippen LogP) is 0.106. The van der Waals surface area contributed by atoms with Crippen molar-refractivity contribution in [1.29, 1.82) is 0 Å². The highest BCUT2D eigenvalue weighted by atomic mass is 32.2. The molecule has 0 saturated carbocycles. The van der Waals surface area contributed by atoms with Crippen molar-refractivity contribution in [3.05, 3.63) is 0 Å². The van der Waals surface area contributed by atoms with Crippen LogP contribution in [-0.4, -0.2) is 74.3 Å². The molecule has 1 atom stereocenters. The van der Waals surface area contributed by atoms with Crippen LogP contribution < -0.4 is 5.32 Å². The molecular formula is C17H32NO12PS. The van der Waals surface area contributed by atoms with Gasteiger partial charge in [0.1, 0.15) is 13.2 Å². The zero-order valence-corrected chi connectivity index (χ0v) is 20.4. The molecule has 188 valence electrons. The Hall–Kier alpha value is -1.57. The zero-order valence-electron chi connectivity index (χ0n) is 18.7.